The Balaban J connectivity index is 1.32. The SMILES string of the molecule is C[C@H](Cc1cnccn1)NC(=O)CCc1nnc(CCCCc2ccccc2)o1. The van der Waals surface area contributed by atoms with Crippen molar-refractivity contribution in [1.82, 2.24) is 25.5 Å². The molecule has 0 radical (unpaired) electrons. The third kappa shape index (κ3) is 7.44. The number of nitrogens with zero attached hydrogens (tertiary/aromatic N) is 4. The van der Waals surface area contributed by atoms with Crippen molar-refractivity contribution in [2.24, 2.45) is 0 Å². The first kappa shape index (κ1) is 20.6. The predicted octanol–water partition coefficient (Wildman–Crippen LogP) is 3.11. The first-order valence-corrected chi connectivity index (χ1v) is 10.1. The second-order valence-corrected chi connectivity index (χ2v) is 7.15. The summed E-state index contributed by atoms with van der Waals surface area (Å²) < 4.78 is 5.67. The fourth-order valence-corrected chi connectivity index (χ4v) is 3.11. The molecule has 7 heteroatoms. The fourth-order valence-electron chi connectivity index (χ4n) is 3.11. The molecule has 152 valence electrons. The number of carbonyl (C=O) groups excluding carboxylic acids is 1. The van der Waals surface area contributed by atoms with Gasteiger partial charge in [-0.25, -0.2) is 0 Å². The highest BCUT2D eigenvalue weighted by molar-refractivity contribution is 5.76. The van der Waals surface area contributed by atoms with Gasteiger partial charge in [-0.05, 0) is 31.7 Å². The third-order valence-corrected chi connectivity index (χ3v) is 4.56. The number of aromatic nitrogens is 4. The van der Waals surface area contributed by atoms with Crippen LogP contribution in [0.4, 0.5) is 0 Å². The van der Waals surface area contributed by atoms with Crippen molar-refractivity contribution in [3.05, 3.63) is 72.0 Å². The molecule has 3 aromatic rings. The summed E-state index contributed by atoms with van der Waals surface area (Å²) in [5, 5.41) is 11.1. The zero-order chi connectivity index (χ0) is 20.3. The van der Waals surface area contributed by atoms with Crippen molar-refractivity contribution in [3.8, 4) is 0 Å². The minimum atomic E-state index is -0.0380. The van der Waals surface area contributed by atoms with Crippen molar-refractivity contribution in [1.29, 1.82) is 0 Å². The van der Waals surface area contributed by atoms with Crippen LogP contribution in [0.1, 0.15) is 49.2 Å². The molecular formula is C22H27N5O2. The van der Waals surface area contributed by atoms with Gasteiger partial charge in [0.05, 0.1) is 5.69 Å². The first-order chi connectivity index (χ1) is 14.2. The van der Waals surface area contributed by atoms with E-state index >= 15 is 0 Å². The average Bonchev–Trinajstić information content (AvgIpc) is 3.19. The predicted molar refractivity (Wildman–Crippen MR) is 109 cm³/mol. The van der Waals surface area contributed by atoms with Crippen molar-refractivity contribution in [2.45, 2.75) is 57.9 Å². The Morgan fingerprint density at radius 1 is 1.03 bits per heavy atom. The number of rotatable bonds is 11. The Morgan fingerprint density at radius 3 is 2.55 bits per heavy atom. The summed E-state index contributed by atoms with van der Waals surface area (Å²) in [7, 11) is 0. The largest absolute Gasteiger partial charge is 0.425 e. The number of carbonyl (C=O) groups is 1. The van der Waals surface area contributed by atoms with Crippen LogP contribution in [-0.4, -0.2) is 32.1 Å². The lowest BCUT2D eigenvalue weighted by Crippen LogP contribution is -2.34. The van der Waals surface area contributed by atoms with Crippen molar-refractivity contribution in [3.63, 3.8) is 0 Å². The van der Waals surface area contributed by atoms with Gasteiger partial charge in [0.25, 0.3) is 0 Å². The van der Waals surface area contributed by atoms with Crippen LogP contribution in [0.25, 0.3) is 0 Å². The van der Waals surface area contributed by atoms with E-state index in [0.29, 0.717) is 31.0 Å². The van der Waals surface area contributed by atoms with Crippen LogP contribution >= 0.6 is 0 Å². The molecule has 0 bridgehead atoms. The number of hydrogen-bond donors (Lipinski definition) is 1. The van der Waals surface area contributed by atoms with E-state index in [1.165, 1.54) is 5.56 Å². The molecular weight excluding hydrogens is 366 g/mol. The maximum Gasteiger partial charge on any atom is 0.220 e. The van der Waals surface area contributed by atoms with Crippen LogP contribution < -0.4 is 5.32 Å². The second kappa shape index (κ2) is 11.0. The third-order valence-electron chi connectivity index (χ3n) is 4.56. The molecule has 2 aromatic heterocycles. The number of amides is 1. The fraction of sp³-hybridized carbons (Fsp3) is 0.409. The van der Waals surface area contributed by atoms with Crippen LogP contribution in [0.5, 0.6) is 0 Å². The van der Waals surface area contributed by atoms with E-state index in [4.69, 9.17) is 4.42 Å². The van der Waals surface area contributed by atoms with E-state index in [1.54, 1.807) is 18.6 Å². The number of benzene rings is 1. The molecule has 0 unspecified atom stereocenters. The van der Waals surface area contributed by atoms with Crippen molar-refractivity contribution < 1.29 is 9.21 Å². The van der Waals surface area contributed by atoms with Crippen LogP contribution in [0.2, 0.25) is 0 Å². The highest BCUT2D eigenvalue weighted by Crippen LogP contribution is 2.10. The molecule has 0 saturated carbocycles. The van der Waals surface area contributed by atoms with E-state index in [0.717, 1.165) is 31.4 Å². The summed E-state index contributed by atoms with van der Waals surface area (Å²) >= 11 is 0. The minimum absolute atomic E-state index is 0.0120. The lowest BCUT2D eigenvalue weighted by atomic mass is 10.1. The zero-order valence-electron chi connectivity index (χ0n) is 16.8. The van der Waals surface area contributed by atoms with Crippen LogP contribution in [0, 0.1) is 0 Å². The van der Waals surface area contributed by atoms with E-state index in [9.17, 15) is 4.79 Å². The minimum Gasteiger partial charge on any atom is -0.425 e. The van der Waals surface area contributed by atoms with Gasteiger partial charge in [-0.2, -0.15) is 0 Å². The van der Waals surface area contributed by atoms with Gasteiger partial charge in [-0.3, -0.25) is 14.8 Å². The number of hydrogen-bond acceptors (Lipinski definition) is 6. The van der Waals surface area contributed by atoms with Gasteiger partial charge in [0.15, 0.2) is 0 Å². The Hall–Kier alpha value is -3.09. The molecule has 1 atom stereocenters. The maximum atomic E-state index is 12.1. The van der Waals surface area contributed by atoms with Gasteiger partial charge in [0, 0.05) is 50.3 Å². The molecule has 0 fully saturated rings. The summed E-state index contributed by atoms with van der Waals surface area (Å²) in [6.45, 7) is 1.95. The Kier molecular flexibility index (Phi) is 7.86. The lowest BCUT2D eigenvalue weighted by molar-refractivity contribution is -0.121. The Morgan fingerprint density at radius 2 is 1.79 bits per heavy atom. The van der Waals surface area contributed by atoms with E-state index in [1.807, 2.05) is 13.0 Å². The van der Waals surface area contributed by atoms with Gasteiger partial charge in [0.2, 0.25) is 17.7 Å². The summed E-state index contributed by atoms with van der Waals surface area (Å²) in [4.78, 5) is 20.4. The molecule has 1 aromatic carbocycles. The van der Waals surface area contributed by atoms with Gasteiger partial charge in [-0.1, -0.05) is 30.3 Å². The lowest BCUT2D eigenvalue weighted by Gasteiger charge is -2.12. The highest BCUT2D eigenvalue weighted by atomic mass is 16.4. The Labute approximate surface area is 171 Å². The molecule has 0 aliphatic carbocycles. The standard InChI is InChI=1S/C22H27N5O2/c1-17(15-19-16-23-13-14-24-19)25-20(28)11-12-22-27-26-21(29-22)10-6-5-9-18-7-3-2-4-8-18/h2-4,7-8,13-14,16-17H,5-6,9-12,15H2,1H3,(H,25,28)/t17-/m1/s1. The second-order valence-electron chi connectivity index (χ2n) is 7.15. The Bertz CT molecular complexity index is 867. The molecule has 1 N–H and O–H groups in total. The normalized spacial score (nSPS) is 11.9. The zero-order valence-corrected chi connectivity index (χ0v) is 16.8. The van der Waals surface area contributed by atoms with Crippen LogP contribution in [0.15, 0.2) is 53.3 Å². The molecule has 7 nitrogen and oxygen atoms in total. The maximum absolute atomic E-state index is 12.1. The van der Waals surface area contributed by atoms with E-state index in [2.05, 4.69) is 49.7 Å². The molecule has 1 amide bonds. The molecule has 2 heterocycles. The summed E-state index contributed by atoms with van der Waals surface area (Å²) in [5.41, 5.74) is 2.20. The highest BCUT2D eigenvalue weighted by Gasteiger charge is 2.12. The van der Waals surface area contributed by atoms with Crippen molar-refractivity contribution >= 4 is 5.91 Å². The van der Waals surface area contributed by atoms with Crippen LogP contribution in [0.3, 0.4) is 0 Å². The molecule has 3 rings (SSSR count). The first-order valence-electron chi connectivity index (χ1n) is 10.1. The topological polar surface area (TPSA) is 93.8 Å². The molecule has 0 aliphatic heterocycles. The van der Waals surface area contributed by atoms with Gasteiger partial charge < -0.3 is 9.73 Å². The molecule has 0 spiro atoms. The van der Waals surface area contributed by atoms with Crippen LogP contribution in [-0.2, 0) is 30.5 Å². The quantitative estimate of drug-likeness (QED) is 0.503. The average molecular weight is 393 g/mol. The summed E-state index contributed by atoms with van der Waals surface area (Å²) in [6, 6.07) is 10.4. The number of aryl methyl sites for hydroxylation is 3. The van der Waals surface area contributed by atoms with Gasteiger partial charge in [-0.15, -0.1) is 10.2 Å². The van der Waals surface area contributed by atoms with E-state index < -0.39 is 0 Å². The number of nitrogens with one attached hydrogen (secondary N) is 1. The van der Waals surface area contributed by atoms with Crippen molar-refractivity contribution in [2.75, 3.05) is 0 Å². The van der Waals surface area contributed by atoms with Gasteiger partial charge in [0.1, 0.15) is 0 Å². The summed E-state index contributed by atoms with van der Waals surface area (Å²) in [6.07, 6.45) is 10.3. The molecule has 29 heavy (non-hydrogen) atoms. The molecule has 0 saturated heterocycles. The molecule has 0 aliphatic rings. The number of unbranched alkanes of at least 4 members (excludes halogenated alkanes) is 1. The van der Waals surface area contributed by atoms with E-state index in [-0.39, 0.29) is 11.9 Å². The van der Waals surface area contributed by atoms with Gasteiger partial charge >= 0.3 is 0 Å². The monoisotopic (exact) mass is 393 g/mol. The summed E-state index contributed by atoms with van der Waals surface area (Å²) in [5.74, 6) is 1.12. The smallest absolute Gasteiger partial charge is 0.220 e.